The quantitative estimate of drug-likeness (QED) is 0.811. The summed E-state index contributed by atoms with van der Waals surface area (Å²) in [4.78, 5) is 28.4. The number of imidazole rings is 1. The van der Waals surface area contributed by atoms with Crippen molar-refractivity contribution in [1.29, 1.82) is 0 Å². The van der Waals surface area contributed by atoms with E-state index in [4.69, 9.17) is 5.11 Å². The molecule has 0 fully saturated rings. The molecule has 0 bridgehead atoms. The van der Waals surface area contributed by atoms with Crippen LogP contribution in [-0.4, -0.2) is 27.0 Å². The van der Waals surface area contributed by atoms with Crippen LogP contribution in [0.3, 0.4) is 0 Å². The molecule has 0 unspecified atom stereocenters. The Morgan fingerprint density at radius 3 is 2.52 bits per heavy atom. The van der Waals surface area contributed by atoms with Crippen LogP contribution >= 0.6 is 0 Å². The van der Waals surface area contributed by atoms with Crippen molar-refractivity contribution in [3.8, 4) is 0 Å². The fraction of sp³-hybridized carbons (Fsp3) is 0.0833. The number of nitrogens with zero attached hydrogens (tertiary/aromatic N) is 1. The summed E-state index contributed by atoms with van der Waals surface area (Å²) in [6.07, 6.45) is -3.68. The number of H-pyrrole nitrogens is 1. The third kappa shape index (κ3) is 3.02. The minimum absolute atomic E-state index is 0.477. The molecule has 0 spiro atoms. The first-order valence-corrected chi connectivity index (χ1v) is 5.55. The van der Waals surface area contributed by atoms with Crippen LogP contribution in [0, 0.1) is 0 Å². The molecule has 110 valence electrons. The molecule has 1 amide bonds. The Labute approximate surface area is 115 Å². The third-order valence-electron chi connectivity index (χ3n) is 2.55. The number of carbonyl (C=O) groups excluding carboxylic acids is 1. The highest BCUT2D eigenvalue weighted by Gasteiger charge is 2.34. The minimum Gasteiger partial charge on any atom is -0.477 e. The lowest BCUT2D eigenvalue weighted by atomic mass is 10.1. The minimum atomic E-state index is -4.65. The lowest BCUT2D eigenvalue weighted by Gasteiger charge is -2.13. The Kier molecular flexibility index (Phi) is 3.66. The first-order valence-electron chi connectivity index (χ1n) is 5.55. The Bertz CT molecular complexity index is 694. The molecule has 0 atom stereocenters. The number of halogens is 3. The molecule has 0 aliphatic rings. The maximum absolute atomic E-state index is 12.8. The van der Waals surface area contributed by atoms with Crippen LogP contribution in [0.4, 0.5) is 18.9 Å². The molecule has 2 rings (SSSR count). The zero-order chi connectivity index (χ0) is 15.6. The summed E-state index contributed by atoms with van der Waals surface area (Å²) in [5, 5.41) is 10.8. The number of nitrogens with one attached hydrogen (secondary N) is 2. The van der Waals surface area contributed by atoms with Crippen molar-refractivity contribution in [2.75, 3.05) is 5.32 Å². The molecule has 21 heavy (non-hydrogen) atoms. The van der Waals surface area contributed by atoms with E-state index in [2.05, 4.69) is 9.97 Å². The number of aromatic carboxylic acids is 1. The van der Waals surface area contributed by atoms with E-state index in [1.165, 1.54) is 12.1 Å². The van der Waals surface area contributed by atoms with E-state index in [-0.39, 0.29) is 0 Å². The third-order valence-corrected chi connectivity index (χ3v) is 2.55. The number of benzene rings is 1. The summed E-state index contributed by atoms with van der Waals surface area (Å²) in [6, 6.07) is 4.36. The number of hydrogen-bond donors (Lipinski definition) is 3. The number of para-hydroxylation sites is 1. The molecule has 0 radical (unpaired) electrons. The van der Waals surface area contributed by atoms with E-state index in [0.717, 1.165) is 18.5 Å². The van der Waals surface area contributed by atoms with Crippen molar-refractivity contribution >= 4 is 17.6 Å². The highest BCUT2D eigenvalue weighted by Crippen LogP contribution is 2.34. The van der Waals surface area contributed by atoms with Gasteiger partial charge in [0.2, 0.25) is 0 Å². The van der Waals surface area contributed by atoms with Gasteiger partial charge in [-0.25, -0.2) is 9.78 Å². The highest BCUT2D eigenvalue weighted by molar-refractivity contribution is 6.08. The van der Waals surface area contributed by atoms with Crippen LogP contribution in [-0.2, 0) is 6.18 Å². The van der Waals surface area contributed by atoms with Gasteiger partial charge >= 0.3 is 12.1 Å². The number of hydrogen-bond acceptors (Lipinski definition) is 3. The average Bonchev–Trinajstić information content (AvgIpc) is 2.87. The topological polar surface area (TPSA) is 95.1 Å². The lowest BCUT2D eigenvalue weighted by molar-refractivity contribution is -0.136. The van der Waals surface area contributed by atoms with Gasteiger partial charge in [-0.05, 0) is 12.1 Å². The number of amides is 1. The predicted octanol–water partition coefficient (Wildman–Crippen LogP) is 2.38. The largest absolute Gasteiger partial charge is 0.477 e. The molecule has 1 aromatic heterocycles. The van der Waals surface area contributed by atoms with Gasteiger partial charge < -0.3 is 15.4 Å². The second-order valence-electron chi connectivity index (χ2n) is 3.93. The summed E-state index contributed by atoms with van der Waals surface area (Å²) in [5.41, 5.74) is -2.52. The van der Waals surface area contributed by atoms with E-state index in [1.807, 2.05) is 5.32 Å². The number of rotatable bonds is 3. The second kappa shape index (κ2) is 5.27. The summed E-state index contributed by atoms with van der Waals surface area (Å²) in [5.74, 6) is -2.49. The SMILES string of the molecule is O=C(Nc1ccccc1C(F)(F)F)c1nc[nH]c1C(=O)O. The van der Waals surface area contributed by atoms with Crippen LogP contribution < -0.4 is 5.32 Å². The molecular formula is C12H8F3N3O3. The molecule has 1 heterocycles. The van der Waals surface area contributed by atoms with Gasteiger partial charge in [-0.15, -0.1) is 0 Å². The molecule has 0 saturated carbocycles. The maximum atomic E-state index is 12.8. The van der Waals surface area contributed by atoms with Gasteiger partial charge in [-0.2, -0.15) is 13.2 Å². The number of carboxylic acids is 1. The Morgan fingerprint density at radius 1 is 1.24 bits per heavy atom. The van der Waals surface area contributed by atoms with E-state index < -0.39 is 40.7 Å². The van der Waals surface area contributed by atoms with Gasteiger partial charge in [0.05, 0.1) is 17.6 Å². The average molecular weight is 299 g/mol. The van der Waals surface area contributed by atoms with Crippen molar-refractivity contribution in [3.63, 3.8) is 0 Å². The number of aromatic amines is 1. The van der Waals surface area contributed by atoms with Crippen molar-refractivity contribution in [1.82, 2.24) is 9.97 Å². The molecule has 0 aliphatic heterocycles. The molecular weight excluding hydrogens is 291 g/mol. The van der Waals surface area contributed by atoms with E-state index in [1.54, 1.807) is 0 Å². The van der Waals surface area contributed by atoms with Gasteiger partial charge in [0.25, 0.3) is 5.91 Å². The van der Waals surface area contributed by atoms with Crippen LogP contribution in [0.1, 0.15) is 26.5 Å². The van der Waals surface area contributed by atoms with E-state index in [0.29, 0.717) is 0 Å². The fourth-order valence-corrected chi connectivity index (χ4v) is 1.65. The Balaban J connectivity index is 2.33. The molecule has 2 aromatic rings. The number of alkyl halides is 3. The smallest absolute Gasteiger partial charge is 0.418 e. The van der Waals surface area contributed by atoms with E-state index in [9.17, 15) is 22.8 Å². The van der Waals surface area contributed by atoms with Gasteiger partial charge in [0.15, 0.2) is 11.4 Å². The molecule has 9 heteroatoms. The standard InChI is InChI=1S/C12H8F3N3O3/c13-12(14,15)6-3-1-2-4-7(6)18-10(19)8-9(11(20)21)17-5-16-8/h1-5H,(H,16,17)(H,18,19)(H,20,21). The van der Waals surface area contributed by atoms with Gasteiger partial charge in [-0.3, -0.25) is 4.79 Å². The zero-order valence-electron chi connectivity index (χ0n) is 10.2. The zero-order valence-corrected chi connectivity index (χ0v) is 10.2. The summed E-state index contributed by atoms with van der Waals surface area (Å²) in [6.45, 7) is 0. The highest BCUT2D eigenvalue weighted by atomic mass is 19.4. The Hall–Kier alpha value is -2.84. The van der Waals surface area contributed by atoms with Crippen molar-refractivity contribution in [2.24, 2.45) is 0 Å². The van der Waals surface area contributed by atoms with Crippen molar-refractivity contribution in [2.45, 2.75) is 6.18 Å². The van der Waals surface area contributed by atoms with Crippen molar-refractivity contribution in [3.05, 3.63) is 47.5 Å². The van der Waals surface area contributed by atoms with E-state index >= 15 is 0 Å². The van der Waals surface area contributed by atoms with Gasteiger partial charge in [-0.1, -0.05) is 12.1 Å². The first-order chi connectivity index (χ1) is 9.80. The number of anilines is 1. The monoisotopic (exact) mass is 299 g/mol. The summed E-state index contributed by atoms with van der Waals surface area (Å²) in [7, 11) is 0. The van der Waals surface area contributed by atoms with Gasteiger partial charge in [0, 0.05) is 0 Å². The second-order valence-corrected chi connectivity index (χ2v) is 3.93. The number of carbonyl (C=O) groups is 2. The van der Waals surface area contributed by atoms with Crippen molar-refractivity contribution < 1.29 is 27.9 Å². The summed E-state index contributed by atoms with van der Waals surface area (Å²) >= 11 is 0. The summed E-state index contributed by atoms with van der Waals surface area (Å²) < 4.78 is 38.3. The number of aromatic nitrogens is 2. The Morgan fingerprint density at radius 2 is 1.90 bits per heavy atom. The predicted molar refractivity (Wildman–Crippen MR) is 64.9 cm³/mol. The van der Waals surface area contributed by atoms with Gasteiger partial charge in [0.1, 0.15) is 0 Å². The molecule has 0 saturated heterocycles. The maximum Gasteiger partial charge on any atom is 0.418 e. The molecule has 3 N–H and O–H groups in total. The van der Waals surface area contributed by atoms with Crippen LogP contribution in [0.2, 0.25) is 0 Å². The normalized spacial score (nSPS) is 11.2. The van der Waals surface area contributed by atoms with Crippen LogP contribution in [0.25, 0.3) is 0 Å². The molecule has 6 nitrogen and oxygen atoms in total. The fourth-order valence-electron chi connectivity index (χ4n) is 1.65. The first kappa shape index (κ1) is 14.6. The molecule has 1 aromatic carbocycles. The molecule has 0 aliphatic carbocycles. The van der Waals surface area contributed by atoms with Crippen LogP contribution in [0.15, 0.2) is 30.6 Å². The van der Waals surface area contributed by atoms with Crippen LogP contribution in [0.5, 0.6) is 0 Å². The number of carboxylic acid groups (broad SMARTS) is 1. The lowest BCUT2D eigenvalue weighted by Crippen LogP contribution is -2.19.